The van der Waals surface area contributed by atoms with Crippen molar-refractivity contribution in [2.45, 2.75) is 13.5 Å². The zero-order valence-corrected chi connectivity index (χ0v) is 11.5. The lowest BCUT2D eigenvalue weighted by Crippen LogP contribution is -2.09. The van der Waals surface area contributed by atoms with E-state index >= 15 is 0 Å². The van der Waals surface area contributed by atoms with Crippen molar-refractivity contribution >= 4 is 23.3 Å². The second-order valence-electron chi connectivity index (χ2n) is 4.09. The molecule has 0 amide bonds. The molecule has 1 heterocycles. The van der Waals surface area contributed by atoms with Crippen LogP contribution in [0.15, 0.2) is 24.4 Å². The summed E-state index contributed by atoms with van der Waals surface area (Å²) in [5.74, 6) is -0.982. The number of rotatable bonds is 4. The Labute approximate surface area is 120 Å². The zero-order valence-electron chi connectivity index (χ0n) is 10.8. The first-order chi connectivity index (χ1) is 9.51. The molecule has 0 aliphatic heterocycles. The molecule has 20 heavy (non-hydrogen) atoms. The van der Waals surface area contributed by atoms with Crippen LogP contribution in [0.5, 0.6) is 0 Å². The molecule has 0 aliphatic carbocycles. The Hall–Kier alpha value is -2.08. The highest BCUT2D eigenvalue weighted by Crippen LogP contribution is 2.19. The largest absolute Gasteiger partial charge is 0.461 e. The standard InChI is InChI=1S/C13H13ClFN3O2/c1-2-20-13(19)12-11(16)7-18(17-12)6-8-5-9(15)3-4-10(8)14/h3-5,7H,2,6,16H2,1H3. The van der Waals surface area contributed by atoms with Crippen molar-refractivity contribution in [2.75, 3.05) is 12.3 Å². The number of anilines is 1. The van der Waals surface area contributed by atoms with Crippen molar-refractivity contribution in [1.29, 1.82) is 0 Å². The SMILES string of the molecule is CCOC(=O)c1nn(Cc2cc(F)ccc2Cl)cc1N. The molecule has 0 atom stereocenters. The van der Waals surface area contributed by atoms with Gasteiger partial charge in [-0.25, -0.2) is 9.18 Å². The molecular formula is C13H13ClFN3O2. The summed E-state index contributed by atoms with van der Waals surface area (Å²) in [4.78, 5) is 11.6. The molecule has 7 heteroatoms. The highest BCUT2D eigenvalue weighted by atomic mass is 35.5. The minimum atomic E-state index is -0.589. The van der Waals surface area contributed by atoms with Gasteiger partial charge in [0.05, 0.1) is 18.8 Å². The van der Waals surface area contributed by atoms with E-state index in [1.165, 1.54) is 29.1 Å². The molecule has 2 rings (SSSR count). The number of halogens is 2. The van der Waals surface area contributed by atoms with Crippen LogP contribution in [0.25, 0.3) is 0 Å². The number of nitrogen functional groups attached to an aromatic ring is 1. The van der Waals surface area contributed by atoms with Gasteiger partial charge in [-0.05, 0) is 30.7 Å². The van der Waals surface area contributed by atoms with Crippen molar-refractivity contribution in [3.05, 3.63) is 46.5 Å². The van der Waals surface area contributed by atoms with Gasteiger partial charge in [0.15, 0.2) is 5.69 Å². The first kappa shape index (κ1) is 14.3. The molecule has 0 saturated carbocycles. The first-order valence-electron chi connectivity index (χ1n) is 5.95. The minimum Gasteiger partial charge on any atom is -0.461 e. The van der Waals surface area contributed by atoms with E-state index in [1.807, 2.05) is 0 Å². The van der Waals surface area contributed by atoms with Gasteiger partial charge >= 0.3 is 5.97 Å². The molecule has 106 valence electrons. The van der Waals surface area contributed by atoms with Crippen LogP contribution in [0.4, 0.5) is 10.1 Å². The highest BCUT2D eigenvalue weighted by molar-refractivity contribution is 6.31. The third-order valence-corrected chi connectivity index (χ3v) is 2.97. The summed E-state index contributed by atoms with van der Waals surface area (Å²) < 4.78 is 19.4. The quantitative estimate of drug-likeness (QED) is 0.880. The smallest absolute Gasteiger partial charge is 0.361 e. The molecule has 0 radical (unpaired) electrons. The van der Waals surface area contributed by atoms with E-state index in [0.717, 1.165) is 0 Å². The molecule has 0 unspecified atom stereocenters. The lowest BCUT2D eigenvalue weighted by molar-refractivity contribution is 0.0519. The normalized spacial score (nSPS) is 10.6. The number of nitrogens with zero attached hydrogens (tertiary/aromatic N) is 2. The number of carbonyl (C=O) groups is 1. The molecule has 5 nitrogen and oxygen atoms in total. The Kier molecular flexibility index (Phi) is 4.24. The molecule has 0 spiro atoms. The van der Waals surface area contributed by atoms with Crippen molar-refractivity contribution in [3.8, 4) is 0 Å². The Bertz CT molecular complexity index is 643. The third kappa shape index (κ3) is 3.08. The van der Waals surface area contributed by atoms with Crippen LogP contribution in [0, 0.1) is 5.82 Å². The van der Waals surface area contributed by atoms with Crippen LogP contribution >= 0.6 is 11.6 Å². The van der Waals surface area contributed by atoms with Crippen LogP contribution in [-0.4, -0.2) is 22.4 Å². The van der Waals surface area contributed by atoms with E-state index in [-0.39, 0.29) is 24.5 Å². The lowest BCUT2D eigenvalue weighted by atomic mass is 10.2. The number of carbonyl (C=O) groups excluding carboxylic acids is 1. The van der Waals surface area contributed by atoms with Crippen LogP contribution in [0.2, 0.25) is 5.02 Å². The Morgan fingerprint density at radius 2 is 2.30 bits per heavy atom. The van der Waals surface area contributed by atoms with Crippen molar-refractivity contribution < 1.29 is 13.9 Å². The average Bonchev–Trinajstić information content (AvgIpc) is 2.75. The summed E-state index contributed by atoms with van der Waals surface area (Å²) in [6, 6.07) is 4.04. The van der Waals surface area contributed by atoms with Gasteiger partial charge in [0.25, 0.3) is 0 Å². The number of aromatic nitrogens is 2. The summed E-state index contributed by atoms with van der Waals surface area (Å²) in [5, 5.41) is 4.45. The first-order valence-corrected chi connectivity index (χ1v) is 6.33. The molecule has 0 aliphatic rings. The summed E-state index contributed by atoms with van der Waals surface area (Å²) in [7, 11) is 0. The second kappa shape index (κ2) is 5.92. The summed E-state index contributed by atoms with van der Waals surface area (Å²) in [5.41, 5.74) is 6.49. The predicted molar refractivity (Wildman–Crippen MR) is 73.1 cm³/mol. The van der Waals surface area contributed by atoms with Crippen LogP contribution < -0.4 is 5.73 Å². The van der Waals surface area contributed by atoms with Crippen molar-refractivity contribution in [3.63, 3.8) is 0 Å². The predicted octanol–water partition coefficient (Wildman–Crippen LogP) is 2.48. The van der Waals surface area contributed by atoms with Gasteiger partial charge in [-0.15, -0.1) is 0 Å². The number of hydrogen-bond donors (Lipinski definition) is 1. The van der Waals surface area contributed by atoms with E-state index in [2.05, 4.69) is 5.10 Å². The van der Waals surface area contributed by atoms with Gasteiger partial charge in [-0.2, -0.15) is 5.10 Å². The summed E-state index contributed by atoms with van der Waals surface area (Å²) >= 11 is 5.97. The topological polar surface area (TPSA) is 70.1 Å². The summed E-state index contributed by atoms with van der Waals surface area (Å²) in [6.07, 6.45) is 1.48. The van der Waals surface area contributed by atoms with Gasteiger partial charge in [-0.1, -0.05) is 11.6 Å². The maximum atomic E-state index is 13.2. The summed E-state index contributed by atoms with van der Waals surface area (Å²) in [6.45, 7) is 2.14. The fraction of sp³-hybridized carbons (Fsp3) is 0.231. The number of ether oxygens (including phenoxy) is 1. The van der Waals surface area contributed by atoms with E-state index in [0.29, 0.717) is 10.6 Å². The molecule has 1 aromatic carbocycles. The van der Waals surface area contributed by atoms with Gasteiger partial charge < -0.3 is 10.5 Å². The van der Waals surface area contributed by atoms with E-state index in [9.17, 15) is 9.18 Å². The second-order valence-corrected chi connectivity index (χ2v) is 4.49. The minimum absolute atomic E-state index is 0.0411. The van der Waals surface area contributed by atoms with E-state index < -0.39 is 11.8 Å². The fourth-order valence-corrected chi connectivity index (χ4v) is 1.89. The molecule has 0 bridgehead atoms. The number of esters is 1. The number of benzene rings is 1. The molecular weight excluding hydrogens is 285 g/mol. The molecule has 2 aromatic rings. The maximum Gasteiger partial charge on any atom is 0.361 e. The van der Waals surface area contributed by atoms with Gasteiger partial charge in [0.2, 0.25) is 0 Å². The Morgan fingerprint density at radius 1 is 1.55 bits per heavy atom. The van der Waals surface area contributed by atoms with Crippen LogP contribution in [0.3, 0.4) is 0 Å². The average molecular weight is 298 g/mol. The van der Waals surface area contributed by atoms with E-state index in [4.69, 9.17) is 22.1 Å². The zero-order chi connectivity index (χ0) is 14.7. The van der Waals surface area contributed by atoms with Gasteiger partial charge in [-0.3, -0.25) is 4.68 Å². The van der Waals surface area contributed by atoms with Gasteiger partial charge in [0.1, 0.15) is 5.82 Å². The van der Waals surface area contributed by atoms with Crippen LogP contribution in [-0.2, 0) is 11.3 Å². The highest BCUT2D eigenvalue weighted by Gasteiger charge is 2.16. The van der Waals surface area contributed by atoms with Gasteiger partial charge in [0, 0.05) is 11.2 Å². The monoisotopic (exact) mass is 297 g/mol. The third-order valence-electron chi connectivity index (χ3n) is 2.60. The number of hydrogen-bond acceptors (Lipinski definition) is 4. The molecule has 1 aromatic heterocycles. The van der Waals surface area contributed by atoms with Crippen molar-refractivity contribution in [2.24, 2.45) is 0 Å². The maximum absolute atomic E-state index is 13.2. The fourth-order valence-electron chi connectivity index (χ4n) is 1.71. The number of nitrogens with two attached hydrogens (primary N) is 1. The molecule has 0 saturated heterocycles. The Morgan fingerprint density at radius 3 is 3.00 bits per heavy atom. The lowest BCUT2D eigenvalue weighted by Gasteiger charge is -2.04. The molecule has 2 N–H and O–H groups in total. The van der Waals surface area contributed by atoms with E-state index in [1.54, 1.807) is 6.92 Å². The van der Waals surface area contributed by atoms with Crippen molar-refractivity contribution in [1.82, 2.24) is 9.78 Å². The Balaban J connectivity index is 2.24. The van der Waals surface area contributed by atoms with Crippen LogP contribution in [0.1, 0.15) is 23.0 Å². The molecule has 0 fully saturated rings.